The molecule has 0 aliphatic heterocycles. The summed E-state index contributed by atoms with van der Waals surface area (Å²) in [7, 11) is 2.95. The molecule has 0 radical (unpaired) electrons. The topological polar surface area (TPSA) is 31.4 Å². The molecule has 3 aromatic rings. The summed E-state index contributed by atoms with van der Waals surface area (Å²) in [6.45, 7) is 0. The van der Waals surface area contributed by atoms with Crippen LogP contribution in [0.5, 0.6) is 11.5 Å². The van der Waals surface area contributed by atoms with E-state index in [0.29, 0.717) is 28.7 Å². The molecule has 134 valence electrons. The van der Waals surface area contributed by atoms with Crippen LogP contribution in [0, 0.1) is 23.3 Å². The van der Waals surface area contributed by atoms with E-state index in [9.17, 15) is 17.6 Å². The smallest absolute Gasteiger partial charge is 0.198 e. The predicted octanol–water partition coefficient (Wildman–Crippen LogP) is 4.99. The number of methoxy groups -OCH3 is 2. The van der Waals surface area contributed by atoms with Crippen LogP contribution in [0.1, 0.15) is 0 Å². The van der Waals surface area contributed by atoms with Crippen LogP contribution in [0.2, 0.25) is 0 Å². The minimum Gasteiger partial charge on any atom is -0.496 e. The van der Waals surface area contributed by atoms with Crippen molar-refractivity contribution in [2.45, 2.75) is 0 Å². The summed E-state index contributed by atoms with van der Waals surface area (Å²) >= 11 is 0. The van der Waals surface area contributed by atoms with Crippen LogP contribution in [0.15, 0.2) is 42.6 Å². The third-order valence-electron chi connectivity index (χ3n) is 3.86. The van der Waals surface area contributed by atoms with Crippen molar-refractivity contribution in [3.63, 3.8) is 0 Å². The van der Waals surface area contributed by atoms with Gasteiger partial charge >= 0.3 is 0 Å². The maximum Gasteiger partial charge on any atom is 0.198 e. The number of pyridine rings is 1. The number of nitrogens with zero attached hydrogens (tertiary/aromatic N) is 1. The normalized spacial score (nSPS) is 10.7. The van der Waals surface area contributed by atoms with Gasteiger partial charge < -0.3 is 9.47 Å². The van der Waals surface area contributed by atoms with Gasteiger partial charge in [0.2, 0.25) is 0 Å². The van der Waals surface area contributed by atoms with Gasteiger partial charge in [-0.3, -0.25) is 4.98 Å². The van der Waals surface area contributed by atoms with E-state index in [1.807, 2.05) is 0 Å². The van der Waals surface area contributed by atoms with Crippen molar-refractivity contribution in [2.75, 3.05) is 14.2 Å². The van der Waals surface area contributed by atoms with Crippen molar-refractivity contribution in [3.8, 4) is 33.9 Å². The highest BCUT2D eigenvalue weighted by molar-refractivity contribution is 5.79. The van der Waals surface area contributed by atoms with Crippen LogP contribution < -0.4 is 9.47 Å². The average Bonchev–Trinajstić information content (AvgIpc) is 2.68. The summed E-state index contributed by atoms with van der Waals surface area (Å²) in [4.78, 5) is 3.94. The second-order valence-electron chi connectivity index (χ2n) is 5.32. The van der Waals surface area contributed by atoms with Gasteiger partial charge in [0.05, 0.1) is 25.5 Å². The van der Waals surface area contributed by atoms with E-state index < -0.39 is 28.8 Å². The van der Waals surface area contributed by atoms with E-state index in [-0.39, 0.29) is 5.69 Å². The lowest BCUT2D eigenvalue weighted by atomic mass is 10.0. The van der Waals surface area contributed by atoms with E-state index in [2.05, 4.69) is 4.98 Å². The first-order chi connectivity index (χ1) is 12.5. The van der Waals surface area contributed by atoms with Crippen LogP contribution in [0.3, 0.4) is 0 Å². The van der Waals surface area contributed by atoms with E-state index in [0.717, 1.165) is 0 Å². The number of hydrogen-bond acceptors (Lipinski definition) is 3. The Bertz CT molecular complexity index is 954. The number of hydrogen-bond donors (Lipinski definition) is 0. The highest BCUT2D eigenvalue weighted by atomic mass is 19.2. The molecule has 0 saturated heterocycles. The van der Waals surface area contributed by atoms with Crippen LogP contribution in [-0.4, -0.2) is 19.2 Å². The Morgan fingerprint density at radius 2 is 1.46 bits per heavy atom. The molecule has 7 heteroatoms. The first-order valence-corrected chi connectivity index (χ1v) is 7.48. The number of rotatable bonds is 4. The summed E-state index contributed by atoms with van der Waals surface area (Å²) in [5.74, 6) is -5.80. The Labute approximate surface area is 146 Å². The van der Waals surface area contributed by atoms with Crippen molar-refractivity contribution in [1.82, 2.24) is 4.98 Å². The fraction of sp³-hybridized carbons (Fsp3) is 0.105. The fourth-order valence-electron chi connectivity index (χ4n) is 2.63. The van der Waals surface area contributed by atoms with Crippen molar-refractivity contribution in [2.24, 2.45) is 0 Å². The summed E-state index contributed by atoms with van der Waals surface area (Å²) in [6, 6.07) is 8.73. The molecule has 0 amide bonds. The number of ether oxygens (including phenoxy) is 2. The first-order valence-electron chi connectivity index (χ1n) is 7.48. The molecule has 0 saturated carbocycles. The summed E-state index contributed by atoms with van der Waals surface area (Å²) in [6.07, 6.45) is 1.34. The largest absolute Gasteiger partial charge is 0.496 e. The molecule has 0 aliphatic carbocycles. The quantitative estimate of drug-likeness (QED) is 0.372. The number of halogens is 4. The third kappa shape index (κ3) is 2.96. The zero-order valence-electron chi connectivity index (χ0n) is 13.8. The van der Waals surface area contributed by atoms with Crippen LogP contribution in [0.25, 0.3) is 22.4 Å². The molecular formula is C19H13F4NO2. The lowest BCUT2D eigenvalue weighted by molar-refractivity contribution is 0.397. The van der Waals surface area contributed by atoms with Crippen molar-refractivity contribution >= 4 is 0 Å². The summed E-state index contributed by atoms with van der Waals surface area (Å²) in [5, 5.41) is 0. The molecule has 3 rings (SSSR count). The monoisotopic (exact) mass is 363 g/mol. The van der Waals surface area contributed by atoms with Crippen molar-refractivity contribution < 1.29 is 27.0 Å². The van der Waals surface area contributed by atoms with Gasteiger partial charge in [-0.15, -0.1) is 0 Å². The SMILES string of the molecule is COc1cccc(OC)c1-c1ccnc(-c2cc(F)c(F)c(F)c2F)c1. The molecular weight excluding hydrogens is 350 g/mol. The van der Waals surface area contributed by atoms with E-state index >= 15 is 0 Å². The molecule has 0 N–H and O–H groups in total. The summed E-state index contributed by atoms with van der Waals surface area (Å²) in [5.41, 5.74) is 0.529. The zero-order valence-corrected chi connectivity index (χ0v) is 13.8. The van der Waals surface area contributed by atoms with Gasteiger partial charge in [0.1, 0.15) is 11.5 Å². The summed E-state index contributed by atoms with van der Waals surface area (Å²) < 4.78 is 65.0. The molecule has 1 heterocycles. The maximum absolute atomic E-state index is 14.1. The van der Waals surface area contributed by atoms with Gasteiger partial charge in [-0.1, -0.05) is 6.07 Å². The molecule has 0 atom stereocenters. The van der Waals surface area contributed by atoms with Crippen LogP contribution in [0.4, 0.5) is 17.6 Å². The van der Waals surface area contributed by atoms with Gasteiger partial charge in [0.15, 0.2) is 23.3 Å². The molecule has 2 aromatic carbocycles. The van der Waals surface area contributed by atoms with Gasteiger partial charge in [-0.2, -0.15) is 0 Å². The third-order valence-corrected chi connectivity index (χ3v) is 3.86. The van der Waals surface area contributed by atoms with Crippen LogP contribution in [-0.2, 0) is 0 Å². The number of aromatic nitrogens is 1. The molecule has 1 aromatic heterocycles. The van der Waals surface area contributed by atoms with Gasteiger partial charge in [-0.05, 0) is 35.9 Å². The second-order valence-corrected chi connectivity index (χ2v) is 5.32. The molecule has 0 spiro atoms. The van der Waals surface area contributed by atoms with E-state index in [4.69, 9.17) is 9.47 Å². The highest BCUT2D eigenvalue weighted by Gasteiger charge is 2.21. The van der Waals surface area contributed by atoms with Crippen LogP contribution >= 0.6 is 0 Å². The van der Waals surface area contributed by atoms with Crippen molar-refractivity contribution in [3.05, 3.63) is 65.9 Å². The predicted molar refractivity (Wildman–Crippen MR) is 88.0 cm³/mol. The Morgan fingerprint density at radius 1 is 0.808 bits per heavy atom. The fourth-order valence-corrected chi connectivity index (χ4v) is 2.63. The first kappa shape index (κ1) is 17.7. The minimum atomic E-state index is -1.89. The van der Waals surface area contributed by atoms with E-state index in [1.165, 1.54) is 26.5 Å². The zero-order chi connectivity index (χ0) is 18.8. The Hall–Kier alpha value is -3.09. The Morgan fingerprint density at radius 3 is 2.08 bits per heavy atom. The lowest BCUT2D eigenvalue weighted by Gasteiger charge is -2.14. The highest BCUT2D eigenvalue weighted by Crippen LogP contribution is 2.39. The molecule has 0 fully saturated rings. The number of benzene rings is 2. The molecule has 0 aliphatic rings. The van der Waals surface area contributed by atoms with Gasteiger partial charge in [0.25, 0.3) is 0 Å². The second kappa shape index (κ2) is 7.03. The molecule has 0 bridgehead atoms. The average molecular weight is 363 g/mol. The Kier molecular flexibility index (Phi) is 4.79. The molecule has 3 nitrogen and oxygen atoms in total. The molecule has 26 heavy (non-hydrogen) atoms. The molecule has 0 unspecified atom stereocenters. The van der Waals surface area contributed by atoms with Crippen molar-refractivity contribution in [1.29, 1.82) is 0 Å². The minimum absolute atomic E-state index is 0.0641. The van der Waals surface area contributed by atoms with Gasteiger partial charge in [-0.25, -0.2) is 17.6 Å². The standard InChI is InChI=1S/C19H13F4NO2/c1-25-14-4-3-5-15(26-2)16(14)10-6-7-24-13(8-10)11-9-12(20)18(22)19(23)17(11)21/h3-9H,1-2H3. The maximum atomic E-state index is 14.1. The van der Waals surface area contributed by atoms with E-state index in [1.54, 1.807) is 24.3 Å². The Balaban J connectivity index is 2.21. The van der Waals surface area contributed by atoms with Gasteiger partial charge in [0, 0.05) is 11.8 Å². The lowest BCUT2D eigenvalue weighted by Crippen LogP contribution is -2.00.